The van der Waals surface area contributed by atoms with Crippen LogP contribution in [0.3, 0.4) is 0 Å². The smallest absolute Gasteiger partial charge is 0.0963 e. The number of furan rings is 1. The molecule has 0 aliphatic heterocycles. The summed E-state index contributed by atoms with van der Waals surface area (Å²) in [5.41, 5.74) is -0.117. The molecule has 2 aromatic heterocycles. The summed E-state index contributed by atoms with van der Waals surface area (Å²) in [7, 11) is 0. The Bertz CT molecular complexity index is 431. The molecule has 4 heteroatoms. The maximum Gasteiger partial charge on any atom is 0.0963 e. The summed E-state index contributed by atoms with van der Waals surface area (Å²) in [5.74, 6) is 0. The summed E-state index contributed by atoms with van der Waals surface area (Å²) < 4.78 is 5.70. The van der Waals surface area contributed by atoms with Crippen LogP contribution in [0, 0.1) is 0 Å². The highest BCUT2D eigenvalue weighted by atomic mass is 35.5. The van der Waals surface area contributed by atoms with E-state index in [1.165, 1.54) is 11.3 Å². The molecule has 2 aromatic rings. The third kappa shape index (κ3) is 2.43. The van der Waals surface area contributed by atoms with Crippen LogP contribution in [0.1, 0.15) is 17.4 Å². The largest absolute Gasteiger partial charge is 0.472 e. The van der Waals surface area contributed by atoms with Crippen molar-refractivity contribution in [2.45, 2.75) is 18.9 Å². The molecule has 0 saturated heterocycles. The molecule has 0 aliphatic rings. The lowest BCUT2D eigenvalue weighted by Crippen LogP contribution is -2.22. The van der Waals surface area contributed by atoms with Gasteiger partial charge in [0.25, 0.3) is 0 Å². The molecule has 2 heterocycles. The van der Waals surface area contributed by atoms with Crippen molar-refractivity contribution in [1.29, 1.82) is 0 Å². The Labute approximate surface area is 97.1 Å². The van der Waals surface area contributed by atoms with Crippen molar-refractivity contribution in [3.63, 3.8) is 0 Å². The summed E-state index contributed by atoms with van der Waals surface area (Å²) >= 11 is 7.32. The van der Waals surface area contributed by atoms with Crippen LogP contribution in [0.15, 0.2) is 35.1 Å². The van der Waals surface area contributed by atoms with Gasteiger partial charge in [-0.15, -0.1) is 11.3 Å². The fourth-order valence-corrected chi connectivity index (χ4v) is 2.70. The molecule has 1 N–H and O–H groups in total. The second-order valence-corrected chi connectivity index (χ2v) is 5.47. The first-order chi connectivity index (χ1) is 7.08. The van der Waals surface area contributed by atoms with Crippen LogP contribution in [-0.4, -0.2) is 5.11 Å². The molecule has 0 aliphatic carbocycles. The van der Waals surface area contributed by atoms with E-state index in [-0.39, 0.29) is 0 Å². The van der Waals surface area contributed by atoms with Gasteiger partial charge in [-0.3, -0.25) is 0 Å². The highest BCUT2D eigenvalue weighted by molar-refractivity contribution is 7.16. The number of aliphatic hydroxyl groups is 1. The number of hydrogen-bond acceptors (Lipinski definition) is 3. The van der Waals surface area contributed by atoms with Gasteiger partial charge < -0.3 is 9.52 Å². The van der Waals surface area contributed by atoms with Crippen LogP contribution in [0.5, 0.6) is 0 Å². The van der Waals surface area contributed by atoms with Crippen LogP contribution in [-0.2, 0) is 12.0 Å². The van der Waals surface area contributed by atoms with E-state index in [0.29, 0.717) is 6.42 Å². The molecule has 1 atom stereocenters. The van der Waals surface area contributed by atoms with Gasteiger partial charge in [-0.25, -0.2) is 0 Å². The molecular formula is C11H11ClO2S. The van der Waals surface area contributed by atoms with E-state index in [2.05, 4.69) is 0 Å². The minimum absolute atomic E-state index is 0.546. The first-order valence-electron chi connectivity index (χ1n) is 4.57. The van der Waals surface area contributed by atoms with Crippen LogP contribution in [0.4, 0.5) is 0 Å². The van der Waals surface area contributed by atoms with Crippen LogP contribution < -0.4 is 0 Å². The van der Waals surface area contributed by atoms with Gasteiger partial charge in [0.15, 0.2) is 0 Å². The number of thiophene rings is 1. The number of rotatable bonds is 3. The van der Waals surface area contributed by atoms with Crippen molar-refractivity contribution >= 4 is 22.9 Å². The quantitative estimate of drug-likeness (QED) is 0.895. The molecule has 0 spiro atoms. The summed E-state index contributed by atoms with van der Waals surface area (Å²) in [5, 5.41) is 10.2. The van der Waals surface area contributed by atoms with Gasteiger partial charge >= 0.3 is 0 Å². The van der Waals surface area contributed by atoms with Crippen LogP contribution >= 0.6 is 22.9 Å². The molecule has 15 heavy (non-hydrogen) atoms. The molecule has 80 valence electrons. The molecule has 1 unspecified atom stereocenters. The third-order valence-corrected chi connectivity index (χ3v) is 3.52. The Kier molecular flexibility index (Phi) is 2.87. The molecule has 0 bridgehead atoms. The topological polar surface area (TPSA) is 33.4 Å². The normalized spacial score (nSPS) is 15.1. The van der Waals surface area contributed by atoms with Crippen molar-refractivity contribution in [2.75, 3.05) is 0 Å². The van der Waals surface area contributed by atoms with Gasteiger partial charge in [0.2, 0.25) is 0 Å². The molecule has 0 saturated carbocycles. The van der Waals surface area contributed by atoms with Crippen molar-refractivity contribution < 1.29 is 9.52 Å². The molecule has 0 aromatic carbocycles. The summed E-state index contributed by atoms with van der Waals surface area (Å²) in [6.07, 6.45) is 3.67. The second kappa shape index (κ2) is 4.00. The molecule has 0 amide bonds. The Morgan fingerprint density at radius 2 is 2.27 bits per heavy atom. The van der Waals surface area contributed by atoms with Gasteiger partial charge in [0.05, 0.1) is 22.5 Å². The highest BCUT2D eigenvalue weighted by Crippen LogP contribution is 2.30. The van der Waals surface area contributed by atoms with Crippen molar-refractivity contribution in [3.8, 4) is 0 Å². The van der Waals surface area contributed by atoms with Crippen LogP contribution in [0.2, 0.25) is 4.34 Å². The zero-order valence-corrected chi connectivity index (χ0v) is 9.81. The van der Waals surface area contributed by atoms with E-state index in [1.807, 2.05) is 12.1 Å². The summed E-state index contributed by atoms with van der Waals surface area (Å²) in [6, 6.07) is 5.55. The van der Waals surface area contributed by atoms with Gasteiger partial charge in [0.1, 0.15) is 0 Å². The Balaban J connectivity index is 2.18. The van der Waals surface area contributed by atoms with Crippen molar-refractivity contribution in [1.82, 2.24) is 0 Å². The Morgan fingerprint density at radius 3 is 2.80 bits per heavy atom. The first kappa shape index (κ1) is 10.7. The molecular weight excluding hydrogens is 232 g/mol. The predicted octanol–water partition coefficient (Wildman–Crippen LogP) is 3.44. The summed E-state index contributed by atoms with van der Waals surface area (Å²) in [4.78, 5) is 1.06. The molecule has 0 fully saturated rings. The second-order valence-electron chi connectivity index (χ2n) is 3.67. The Hall–Kier alpha value is -0.770. The van der Waals surface area contributed by atoms with Crippen LogP contribution in [0.25, 0.3) is 0 Å². The first-order valence-corrected chi connectivity index (χ1v) is 5.77. The SMILES string of the molecule is CC(O)(Cc1ccc(Cl)s1)c1ccoc1. The summed E-state index contributed by atoms with van der Waals surface area (Å²) in [6.45, 7) is 1.77. The van der Waals surface area contributed by atoms with Crippen molar-refractivity contribution in [2.24, 2.45) is 0 Å². The number of hydrogen-bond donors (Lipinski definition) is 1. The Morgan fingerprint density at radius 1 is 1.47 bits per heavy atom. The highest BCUT2D eigenvalue weighted by Gasteiger charge is 2.25. The fraction of sp³-hybridized carbons (Fsp3) is 0.273. The van der Waals surface area contributed by atoms with E-state index >= 15 is 0 Å². The minimum atomic E-state index is -0.902. The molecule has 2 nitrogen and oxygen atoms in total. The zero-order valence-electron chi connectivity index (χ0n) is 8.24. The standard InChI is InChI=1S/C11H11ClO2S/c1-11(13,8-4-5-14-7-8)6-9-2-3-10(12)15-9/h2-5,7,13H,6H2,1H3. The van der Waals surface area contributed by atoms with E-state index in [0.717, 1.165) is 14.8 Å². The fourth-order valence-electron chi connectivity index (χ4n) is 1.46. The average molecular weight is 243 g/mol. The van der Waals surface area contributed by atoms with E-state index in [1.54, 1.807) is 25.5 Å². The van der Waals surface area contributed by atoms with Crippen molar-refractivity contribution in [3.05, 3.63) is 45.5 Å². The third-order valence-electron chi connectivity index (χ3n) is 2.29. The monoisotopic (exact) mass is 242 g/mol. The zero-order chi connectivity index (χ0) is 10.9. The predicted molar refractivity (Wildman–Crippen MR) is 61.3 cm³/mol. The minimum Gasteiger partial charge on any atom is -0.472 e. The van der Waals surface area contributed by atoms with Gasteiger partial charge in [-0.05, 0) is 25.1 Å². The lowest BCUT2D eigenvalue weighted by atomic mass is 9.94. The average Bonchev–Trinajstić information content (AvgIpc) is 2.75. The number of halogens is 1. The lowest BCUT2D eigenvalue weighted by molar-refractivity contribution is 0.0578. The molecule has 2 rings (SSSR count). The lowest BCUT2D eigenvalue weighted by Gasteiger charge is -2.20. The van der Waals surface area contributed by atoms with Gasteiger partial charge in [-0.1, -0.05) is 11.6 Å². The van der Waals surface area contributed by atoms with E-state index < -0.39 is 5.60 Å². The van der Waals surface area contributed by atoms with E-state index in [4.69, 9.17) is 16.0 Å². The van der Waals surface area contributed by atoms with Gasteiger partial charge in [0, 0.05) is 16.9 Å². The molecule has 0 radical (unpaired) electrons. The maximum absolute atomic E-state index is 10.2. The maximum atomic E-state index is 10.2. The van der Waals surface area contributed by atoms with E-state index in [9.17, 15) is 5.11 Å². The van der Waals surface area contributed by atoms with Gasteiger partial charge in [-0.2, -0.15) is 0 Å².